The van der Waals surface area contributed by atoms with Crippen LogP contribution in [0.3, 0.4) is 0 Å². The molecule has 0 unspecified atom stereocenters. The average molecular weight is 205 g/mol. The fourth-order valence-corrected chi connectivity index (χ4v) is 3.06. The van der Waals surface area contributed by atoms with E-state index in [1.807, 2.05) is 17.9 Å². The van der Waals surface area contributed by atoms with Crippen molar-refractivity contribution in [3.63, 3.8) is 0 Å². The van der Waals surface area contributed by atoms with Gasteiger partial charge in [-0.05, 0) is 31.2 Å². The lowest BCUT2D eigenvalue weighted by Crippen LogP contribution is -2.32. The van der Waals surface area contributed by atoms with Gasteiger partial charge in [-0.25, -0.2) is 0 Å². The Morgan fingerprint density at radius 2 is 2.27 bits per heavy atom. The van der Waals surface area contributed by atoms with E-state index in [0.717, 1.165) is 12.0 Å². The van der Waals surface area contributed by atoms with Crippen LogP contribution in [-0.4, -0.2) is 27.8 Å². The maximum absolute atomic E-state index is 4.22. The predicted molar refractivity (Wildman–Crippen MR) is 59.4 cm³/mol. The molecule has 0 amide bonds. The molecule has 1 aromatic rings. The molecule has 0 atom stereocenters. The van der Waals surface area contributed by atoms with E-state index < -0.39 is 0 Å². The van der Waals surface area contributed by atoms with Gasteiger partial charge >= 0.3 is 0 Å². The summed E-state index contributed by atoms with van der Waals surface area (Å²) in [5.41, 5.74) is 2.08. The maximum Gasteiger partial charge on any atom is 0.0534 e. The molecule has 1 aliphatic carbocycles. The molecular weight excluding hydrogens is 186 g/mol. The van der Waals surface area contributed by atoms with Gasteiger partial charge in [-0.15, -0.1) is 0 Å². The molecule has 82 valence electrons. The Balaban J connectivity index is 1.61. The van der Waals surface area contributed by atoms with E-state index in [2.05, 4.69) is 16.2 Å². The number of aromatic nitrogens is 2. The topological polar surface area (TPSA) is 21.1 Å². The first-order chi connectivity index (χ1) is 7.26. The summed E-state index contributed by atoms with van der Waals surface area (Å²) < 4.78 is 1.89. The minimum absolute atomic E-state index is 0.724. The van der Waals surface area contributed by atoms with Gasteiger partial charge in [0.15, 0.2) is 0 Å². The standard InChI is InChI=1S/C12H19N3/c1-14-8-11(7-13-14)9-15-6-5-12(10-15)3-2-4-12/h7-8H,2-6,9-10H2,1H3. The molecule has 0 aromatic carbocycles. The molecule has 1 saturated carbocycles. The molecule has 1 saturated heterocycles. The van der Waals surface area contributed by atoms with Crippen LogP contribution in [0.5, 0.6) is 0 Å². The third kappa shape index (κ3) is 1.69. The van der Waals surface area contributed by atoms with Gasteiger partial charge in [-0.1, -0.05) is 6.42 Å². The molecule has 1 aromatic heterocycles. The first-order valence-corrected chi connectivity index (χ1v) is 5.96. The Labute approximate surface area is 91.1 Å². The molecule has 2 aliphatic rings. The molecule has 0 bridgehead atoms. The van der Waals surface area contributed by atoms with Crippen LogP contribution < -0.4 is 0 Å². The Bertz CT molecular complexity index is 352. The van der Waals surface area contributed by atoms with Gasteiger partial charge < -0.3 is 0 Å². The van der Waals surface area contributed by atoms with Gasteiger partial charge in [-0.3, -0.25) is 9.58 Å². The minimum Gasteiger partial charge on any atom is -0.298 e. The van der Waals surface area contributed by atoms with Crippen molar-refractivity contribution in [1.82, 2.24) is 14.7 Å². The summed E-state index contributed by atoms with van der Waals surface area (Å²) in [5.74, 6) is 0. The summed E-state index contributed by atoms with van der Waals surface area (Å²) in [4.78, 5) is 2.59. The smallest absolute Gasteiger partial charge is 0.0534 e. The van der Waals surface area contributed by atoms with Crippen LogP contribution in [-0.2, 0) is 13.6 Å². The summed E-state index contributed by atoms with van der Waals surface area (Å²) >= 11 is 0. The molecule has 0 N–H and O–H groups in total. The molecule has 15 heavy (non-hydrogen) atoms. The fourth-order valence-electron chi connectivity index (χ4n) is 3.06. The van der Waals surface area contributed by atoms with Crippen molar-refractivity contribution in [1.29, 1.82) is 0 Å². The summed E-state index contributed by atoms with van der Waals surface area (Å²) in [5, 5.41) is 4.22. The molecule has 1 aliphatic heterocycles. The molecule has 3 heteroatoms. The largest absolute Gasteiger partial charge is 0.298 e. The van der Waals surface area contributed by atoms with E-state index in [1.165, 1.54) is 44.3 Å². The highest BCUT2D eigenvalue weighted by Gasteiger charge is 2.42. The number of rotatable bonds is 2. The van der Waals surface area contributed by atoms with Crippen molar-refractivity contribution in [3.8, 4) is 0 Å². The number of likely N-dealkylation sites (tertiary alicyclic amines) is 1. The Hall–Kier alpha value is -0.830. The summed E-state index contributed by atoms with van der Waals surface area (Å²) in [7, 11) is 1.99. The molecule has 0 radical (unpaired) electrons. The highest BCUT2D eigenvalue weighted by Crippen LogP contribution is 2.48. The normalized spacial score (nSPS) is 24.6. The second-order valence-corrected chi connectivity index (χ2v) is 5.34. The van der Waals surface area contributed by atoms with Crippen LogP contribution >= 0.6 is 0 Å². The SMILES string of the molecule is Cn1cc(CN2CCC3(CCC3)C2)cn1. The van der Waals surface area contributed by atoms with Crippen molar-refractivity contribution in [2.45, 2.75) is 32.2 Å². The average Bonchev–Trinajstić information content (AvgIpc) is 2.72. The molecule has 2 heterocycles. The second kappa shape index (κ2) is 3.34. The van der Waals surface area contributed by atoms with Gasteiger partial charge in [0, 0.05) is 31.9 Å². The van der Waals surface area contributed by atoms with Gasteiger partial charge in [0.2, 0.25) is 0 Å². The molecule has 3 rings (SSSR count). The lowest BCUT2D eigenvalue weighted by Gasteiger charge is -2.38. The first kappa shape index (κ1) is 9.40. The van der Waals surface area contributed by atoms with Crippen molar-refractivity contribution in [3.05, 3.63) is 18.0 Å². The van der Waals surface area contributed by atoms with Crippen molar-refractivity contribution in [2.24, 2.45) is 12.5 Å². The van der Waals surface area contributed by atoms with Crippen molar-refractivity contribution in [2.75, 3.05) is 13.1 Å². The van der Waals surface area contributed by atoms with Gasteiger partial charge in [0.25, 0.3) is 0 Å². The third-order valence-corrected chi connectivity index (χ3v) is 4.10. The minimum atomic E-state index is 0.724. The quantitative estimate of drug-likeness (QED) is 0.734. The van der Waals surface area contributed by atoms with E-state index >= 15 is 0 Å². The van der Waals surface area contributed by atoms with Crippen molar-refractivity contribution < 1.29 is 0 Å². The second-order valence-electron chi connectivity index (χ2n) is 5.34. The summed E-state index contributed by atoms with van der Waals surface area (Å²) in [6.07, 6.45) is 9.94. The molecule has 1 spiro atoms. The van der Waals surface area contributed by atoms with Crippen LogP contribution in [0.25, 0.3) is 0 Å². The van der Waals surface area contributed by atoms with Gasteiger partial charge in [0.05, 0.1) is 6.20 Å². The van der Waals surface area contributed by atoms with Crippen LogP contribution in [0.1, 0.15) is 31.2 Å². The molecular formula is C12H19N3. The van der Waals surface area contributed by atoms with Gasteiger partial charge in [0.1, 0.15) is 0 Å². The number of aryl methyl sites for hydroxylation is 1. The monoisotopic (exact) mass is 205 g/mol. The number of nitrogens with zero attached hydrogens (tertiary/aromatic N) is 3. The lowest BCUT2D eigenvalue weighted by molar-refractivity contribution is 0.137. The summed E-state index contributed by atoms with van der Waals surface area (Å²) in [6.45, 7) is 3.70. The van der Waals surface area contributed by atoms with E-state index in [4.69, 9.17) is 0 Å². The predicted octanol–water partition coefficient (Wildman–Crippen LogP) is 1.80. The van der Waals surface area contributed by atoms with E-state index in [9.17, 15) is 0 Å². The summed E-state index contributed by atoms with van der Waals surface area (Å²) in [6, 6.07) is 0. The Kier molecular flexibility index (Phi) is 2.09. The Morgan fingerprint density at radius 3 is 2.80 bits per heavy atom. The highest BCUT2D eigenvalue weighted by molar-refractivity contribution is 5.05. The molecule has 3 nitrogen and oxygen atoms in total. The van der Waals surface area contributed by atoms with Crippen molar-refractivity contribution >= 4 is 0 Å². The van der Waals surface area contributed by atoms with Crippen LogP contribution in [0.15, 0.2) is 12.4 Å². The zero-order valence-corrected chi connectivity index (χ0v) is 9.45. The van der Waals surface area contributed by atoms with Crippen LogP contribution in [0.2, 0.25) is 0 Å². The van der Waals surface area contributed by atoms with E-state index in [0.29, 0.717) is 0 Å². The highest BCUT2D eigenvalue weighted by atomic mass is 15.2. The number of hydrogen-bond donors (Lipinski definition) is 0. The first-order valence-electron chi connectivity index (χ1n) is 5.96. The number of hydrogen-bond acceptors (Lipinski definition) is 2. The molecule has 2 fully saturated rings. The lowest BCUT2D eigenvalue weighted by atomic mass is 9.68. The fraction of sp³-hybridized carbons (Fsp3) is 0.750. The van der Waals surface area contributed by atoms with Gasteiger partial charge in [-0.2, -0.15) is 5.10 Å². The van der Waals surface area contributed by atoms with Crippen LogP contribution in [0, 0.1) is 5.41 Å². The zero-order valence-electron chi connectivity index (χ0n) is 9.45. The van der Waals surface area contributed by atoms with E-state index in [1.54, 1.807) is 0 Å². The zero-order chi connectivity index (χ0) is 10.3. The van der Waals surface area contributed by atoms with Crippen LogP contribution in [0.4, 0.5) is 0 Å². The maximum atomic E-state index is 4.22. The van der Waals surface area contributed by atoms with E-state index in [-0.39, 0.29) is 0 Å². The Morgan fingerprint density at radius 1 is 1.40 bits per heavy atom. The third-order valence-electron chi connectivity index (χ3n) is 4.10.